The van der Waals surface area contributed by atoms with Crippen molar-refractivity contribution in [3.63, 3.8) is 0 Å². The molecule has 46 heavy (non-hydrogen) atoms. The first kappa shape index (κ1) is 44.3. The quantitative estimate of drug-likeness (QED) is 0.0218. The fourth-order valence-electron chi connectivity index (χ4n) is 5.22. The first-order valence-corrected chi connectivity index (χ1v) is 20.6. The molecule has 0 aromatic rings. The molecule has 0 bridgehead atoms. The summed E-state index contributed by atoms with van der Waals surface area (Å²) < 4.78 is 15.9. The topological polar surface area (TPSA) is 71.1 Å². The average Bonchev–Trinajstić information content (AvgIpc) is 3.04. The summed E-state index contributed by atoms with van der Waals surface area (Å²) >= 11 is 0. The second-order valence-corrected chi connectivity index (χ2v) is 13.8. The summed E-state index contributed by atoms with van der Waals surface area (Å²) in [4.78, 5) is 29.7. The zero-order valence-electron chi connectivity index (χ0n) is 30.1. The molecule has 6 nitrogen and oxygen atoms in total. The maximum atomic E-state index is 12.4. The van der Waals surface area contributed by atoms with E-state index < -0.39 is 21.5 Å². The van der Waals surface area contributed by atoms with Crippen LogP contribution in [0.15, 0.2) is 37.0 Å². The van der Waals surface area contributed by atoms with Gasteiger partial charge in [0.25, 0.3) is 11.9 Å². The molecule has 268 valence electrons. The molecule has 7 heteroatoms. The Kier molecular flexibility index (Phi) is 36.4. The van der Waals surface area contributed by atoms with Crippen LogP contribution in [0.1, 0.15) is 194 Å². The Bertz CT molecular complexity index is 684. The van der Waals surface area contributed by atoms with Crippen molar-refractivity contribution in [2.75, 3.05) is 6.61 Å². The zero-order chi connectivity index (χ0) is 33.6. The Balaban J connectivity index is 3.88. The van der Waals surface area contributed by atoms with E-state index in [1.165, 1.54) is 122 Å². The van der Waals surface area contributed by atoms with Crippen molar-refractivity contribution < 1.29 is 27.9 Å². The molecule has 0 aliphatic carbocycles. The minimum absolute atomic E-state index is 0.126. The highest BCUT2D eigenvalue weighted by Gasteiger charge is 2.26. The molecule has 0 radical (unpaired) electrons. The number of hydrogen-bond acceptors (Lipinski definition) is 6. The summed E-state index contributed by atoms with van der Waals surface area (Å²) in [6, 6.07) is 0. The monoisotopic (exact) mass is 665 g/mol. The van der Waals surface area contributed by atoms with E-state index in [-0.39, 0.29) is 19.4 Å². The molecule has 0 heterocycles. The second kappa shape index (κ2) is 37.8. The van der Waals surface area contributed by atoms with Crippen LogP contribution in [0.4, 0.5) is 0 Å². The molecule has 0 atom stereocenters. The molecule has 0 aromatic carbocycles. The minimum atomic E-state index is -3.05. The van der Waals surface area contributed by atoms with Gasteiger partial charge in [-0.3, -0.25) is 9.59 Å². The van der Waals surface area contributed by atoms with Crippen molar-refractivity contribution in [2.24, 2.45) is 0 Å². The highest BCUT2D eigenvalue weighted by molar-refractivity contribution is 6.41. The summed E-state index contributed by atoms with van der Waals surface area (Å²) in [6.45, 7) is 8.22. The zero-order valence-corrected chi connectivity index (χ0v) is 31.3. The molecule has 0 aromatic heterocycles. The molecule has 0 aliphatic heterocycles. The third-order valence-electron chi connectivity index (χ3n) is 8.07. The lowest BCUT2D eigenvalue weighted by Gasteiger charge is -2.15. The predicted octanol–water partition coefficient (Wildman–Crippen LogP) is 12.0. The van der Waals surface area contributed by atoms with Crippen LogP contribution >= 0.6 is 0 Å². The summed E-state index contributed by atoms with van der Waals surface area (Å²) in [5.41, 5.74) is 0. The van der Waals surface area contributed by atoms with Gasteiger partial charge in [0.15, 0.2) is 0 Å². The standard InChI is InChI=1S/C39H72O6Si/c1-4-7-9-11-13-15-17-19-21-23-25-27-29-31-33-35-38(40)43-46(45-42-37-6-3)44-39(41)36-34-32-30-28-26-24-22-20-18-16-14-12-10-8-5-2/h6,19-22,46H,3-5,7-18,23-37H2,1-2H3. The van der Waals surface area contributed by atoms with Gasteiger partial charge in [0.2, 0.25) is 0 Å². The Morgan fingerprint density at radius 3 is 1.17 bits per heavy atom. The molecule has 0 amide bonds. The highest BCUT2D eigenvalue weighted by Crippen LogP contribution is 2.13. The van der Waals surface area contributed by atoms with E-state index in [2.05, 4.69) is 44.7 Å². The summed E-state index contributed by atoms with van der Waals surface area (Å²) in [5.74, 6) is -0.796. The van der Waals surface area contributed by atoms with E-state index in [0.29, 0.717) is 0 Å². The van der Waals surface area contributed by atoms with Gasteiger partial charge in [0.05, 0.1) is 6.61 Å². The Morgan fingerprint density at radius 2 is 0.826 bits per heavy atom. The molecule has 0 unspecified atom stereocenters. The molecule has 0 rings (SSSR count). The van der Waals surface area contributed by atoms with Gasteiger partial charge in [0.1, 0.15) is 0 Å². The van der Waals surface area contributed by atoms with Gasteiger partial charge in [-0.25, -0.2) is 9.46 Å². The van der Waals surface area contributed by atoms with E-state index in [0.717, 1.165) is 51.4 Å². The van der Waals surface area contributed by atoms with Gasteiger partial charge in [0, 0.05) is 12.8 Å². The van der Waals surface area contributed by atoms with Crippen LogP contribution in [-0.2, 0) is 27.9 Å². The van der Waals surface area contributed by atoms with Crippen molar-refractivity contribution in [3.8, 4) is 0 Å². The number of carbonyl (C=O) groups is 2. The van der Waals surface area contributed by atoms with Crippen molar-refractivity contribution in [1.82, 2.24) is 0 Å². The van der Waals surface area contributed by atoms with E-state index >= 15 is 0 Å². The predicted molar refractivity (Wildman–Crippen MR) is 195 cm³/mol. The molecule has 0 saturated heterocycles. The van der Waals surface area contributed by atoms with E-state index in [9.17, 15) is 9.59 Å². The van der Waals surface area contributed by atoms with Crippen LogP contribution in [0, 0.1) is 0 Å². The third kappa shape index (κ3) is 35.2. The van der Waals surface area contributed by atoms with Crippen molar-refractivity contribution >= 4 is 21.5 Å². The van der Waals surface area contributed by atoms with Crippen molar-refractivity contribution in [2.45, 2.75) is 194 Å². The van der Waals surface area contributed by atoms with Gasteiger partial charge in [-0.05, 0) is 64.2 Å². The number of unbranched alkanes of at least 4 members (excludes halogenated alkanes) is 22. The molecule has 0 aliphatic rings. The SMILES string of the molecule is C=CCOO[SiH](OC(=O)CCCCCCCC=CCCCCCCCC)OC(=O)CCCCCCCC=CCCCCCCCC. The minimum Gasteiger partial charge on any atom is -0.465 e. The molecule has 0 saturated carbocycles. The van der Waals surface area contributed by atoms with Gasteiger partial charge in [-0.15, -0.1) is 6.58 Å². The summed E-state index contributed by atoms with van der Waals surface area (Å²) in [6.07, 6.45) is 42.6. The fourth-order valence-corrected chi connectivity index (χ4v) is 6.20. The molecular formula is C39H72O6Si. The second-order valence-electron chi connectivity index (χ2n) is 12.6. The Morgan fingerprint density at radius 1 is 0.500 bits per heavy atom. The molecule has 0 fully saturated rings. The fraction of sp³-hybridized carbons (Fsp3) is 0.795. The number of rotatable bonds is 36. The van der Waals surface area contributed by atoms with Crippen LogP contribution in [0.2, 0.25) is 0 Å². The summed E-state index contributed by atoms with van der Waals surface area (Å²) in [7, 11) is -3.05. The summed E-state index contributed by atoms with van der Waals surface area (Å²) in [5, 5.41) is 0. The van der Waals surface area contributed by atoms with Gasteiger partial charge in [-0.2, -0.15) is 0 Å². The maximum Gasteiger partial charge on any atom is 0.647 e. The van der Waals surface area contributed by atoms with Crippen LogP contribution in [0.5, 0.6) is 0 Å². The lowest BCUT2D eigenvalue weighted by molar-refractivity contribution is -0.230. The van der Waals surface area contributed by atoms with Gasteiger partial charge < -0.3 is 8.85 Å². The first-order valence-electron chi connectivity index (χ1n) is 19.2. The Hall–Kier alpha value is -1.70. The van der Waals surface area contributed by atoms with Crippen molar-refractivity contribution in [3.05, 3.63) is 37.0 Å². The lowest BCUT2D eigenvalue weighted by atomic mass is 10.1. The number of allylic oxidation sites excluding steroid dienone is 4. The first-order chi connectivity index (χ1) is 22.6. The van der Waals surface area contributed by atoms with Crippen LogP contribution in [-0.4, -0.2) is 28.1 Å². The molecule has 0 spiro atoms. The Labute approximate surface area is 286 Å². The molecular weight excluding hydrogens is 593 g/mol. The smallest absolute Gasteiger partial charge is 0.465 e. The average molecular weight is 665 g/mol. The number of carbonyl (C=O) groups excluding carboxylic acids is 2. The normalized spacial score (nSPS) is 12.2. The van der Waals surface area contributed by atoms with Crippen molar-refractivity contribution in [1.29, 1.82) is 0 Å². The van der Waals surface area contributed by atoms with Gasteiger partial charge >= 0.3 is 9.53 Å². The van der Waals surface area contributed by atoms with E-state index in [1.807, 2.05) is 0 Å². The van der Waals surface area contributed by atoms with Crippen LogP contribution < -0.4 is 0 Å². The van der Waals surface area contributed by atoms with Crippen LogP contribution in [0.25, 0.3) is 0 Å². The van der Waals surface area contributed by atoms with Crippen LogP contribution in [0.3, 0.4) is 0 Å². The number of hydrogen-bond donors (Lipinski definition) is 0. The lowest BCUT2D eigenvalue weighted by Crippen LogP contribution is -2.32. The molecule has 0 N–H and O–H groups in total. The largest absolute Gasteiger partial charge is 0.647 e. The highest BCUT2D eigenvalue weighted by atomic mass is 28.3. The van der Waals surface area contributed by atoms with Gasteiger partial charge in [-0.1, -0.05) is 147 Å². The van der Waals surface area contributed by atoms with E-state index in [4.69, 9.17) is 18.3 Å². The third-order valence-corrected chi connectivity index (χ3v) is 9.28. The maximum absolute atomic E-state index is 12.4. The van der Waals surface area contributed by atoms with E-state index in [1.54, 1.807) is 0 Å².